The van der Waals surface area contributed by atoms with Crippen molar-refractivity contribution in [1.82, 2.24) is 9.29 Å². The summed E-state index contributed by atoms with van der Waals surface area (Å²) in [6.07, 6.45) is 0. The maximum absolute atomic E-state index is 13.9. The van der Waals surface area contributed by atoms with Crippen molar-refractivity contribution in [3.8, 4) is 0 Å². The highest BCUT2D eigenvalue weighted by atomic mass is 32.2. The van der Waals surface area contributed by atoms with Gasteiger partial charge in [0.2, 0.25) is 0 Å². The van der Waals surface area contributed by atoms with Crippen molar-refractivity contribution in [3.63, 3.8) is 0 Å². The van der Waals surface area contributed by atoms with E-state index in [2.05, 4.69) is 16.9 Å². The molecule has 0 saturated carbocycles. The van der Waals surface area contributed by atoms with E-state index < -0.39 is 21.7 Å². The van der Waals surface area contributed by atoms with Crippen LogP contribution in [0.1, 0.15) is 32.7 Å². The monoisotopic (exact) mass is 465 g/mol. The fraction of sp³-hybridized carbons (Fsp3) is 0.160. The lowest BCUT2D eigenvalue weighted by atomic mass is 9.99. The zero-order valence-corrected chi connectivity index (χ0v) is 19.3. The van der Waals surface area contributed by atoms with Gasteiger partial charge >= 0.3 is 0 Å². The second kappa shape index (κ2) is 8.37. The highest BCUT2D eigenvalue weighted by Gasteiger charge is 2.23. The Morgan fingerprint density at radius 3 is 2.36 bits per heavy atom. The van der Waals surface area contributed by atoms with E-state index in [1.807, 2.05) is 20.8 Å². The van der Waals surface area contributed by atoms with Crippen molar-refractivity contribution >= 4 is 32.5 Å². The van der Waals surface area contributed by atoms with Crippen LogP contribution >= 0.6 is 0 Å². The number of nitrogens with one attached hydrogen (secondary N) is 1. The Morgan fingerprint density at radius 1 is 1.00 bits per heavy atom. The summed E-state index contributed by atoms with van der Waals surface area (Å²) in [6.45, 7) is 6.32. The van der Waals surface area contributed by atoms with Crippen LogP contribution in [-0.4, -0.2) is 18.9 Å². The smallest absolute Gasteiger partial charge is 0.281 e. The van der Waals surface area contributed by atoms with Gasteiger partial charge < -0.3 is 10.3 Å². The molecule has 0 fully saturated rings. The molecule has 0 aliphatic carbocycles. The number of aryl methyl sites for hydroxylation is 3. The summed E-state index contributed by atoms with van der Waals surface area (Å²) in [5.74, 6) is -1.25. The number of halogens is 1. The molecule has 1 heterocycles. The first kappa shape index (κ1) is 22.5. The number of aromatic nitrogens is 1. The number of nitrogen functional groups attached to an aromatic ring is 1. The molecule has 0 atom stereocenters. The molecule has 0 saturated heterocycles. The highest BCUT2D eigenvalue weighted by molar-refractivity contribution is 7.90. The van der Waals surface area contributed by atoms with Gasteiger partial charge in [-0.3, -0.25) is 4.79 Å². The van der Waals surface area contributed by atoms with Gasteiger partial charge in [0.1, 0.15) is 11.5 Å². The van der Waals surface area contributed by atoms with Crippen LogP contribution in [0.3, 0.4) is 0 Å². The number of nitrogens with zero attached hydrogens (tertiary/aromatic N) is 1. The number of carbonyl (C=O) groups is 1. The van der Waals surface area contributed by atoms with Crippen molar-refractivity contribution in [2.75, 3.05) is 5.73 Å². The summed E-state index contributed by atoms with van der Waals surface area (Å²) in [5, 5.41) is 0.504. The Kier molecular flexibility index (Phi) is 5.71. The number of fused-ring (bicyclic) bond motifs is 1. The summed E-state index contributed by atoms with van der Waals surface area (Å²) >= 11 is 0. The lowest BCUT2D eigenvalue weighted by molar-refractivity contribution is 0.0973. The summed E-state index contributed by atoms with van der Waals surface area (Å²) < 4.78 is 43.3. The van der Waals surface area contributed by atoms with Gasteiger partial charge in [-0.2, -0.15) is 0 Å². The van der Waals surface area contributed by atoms with Crippen LogP contribution in [0.4, 0.5) is 10.1 Å². The average Bonchev–Trinajstić information content (AvgIpc) is 3.08. The Labute approximate surface area is 191 Å². The van der Waals surface area contributed by atoms with Crippen LogP contribution in [0, 0.1) is 26.6 Å². The molecule has 6 nitrogen and oxygen atoms in total. The fourth-order valence-electron chi connectivity index (χ4n) is 4.13. The lowest BCUT2D eigenvalue weighted by Crippen LogP contribution is -2.32. The van der Waals surface area contributed by atoms with E-state index in [1.54, 1.807) is 16.7 Å². The minimum Gasteiger partial charge on any atom is -0.399 e. The standard InChI is InChI=1S/C25H24FN3O3S/c1-15-9-16(2)22(17(3)10-15)14-29-23-8-7-19(26)11-18(23)12-24(29)25(30)28-33(31,32)21-6-4-5-20(27)13-21/h4-13H,14,27H2,1-3H3,(H,28,30). The van der Waals surface area contributed by atoms with Crippen molar-refractivity contribution in [1.29, 1.82) is 0 Å². The summed E-state index contributed by atoms with van der Waals surface area (Å²) in [7, 11) is -4.15. The van der Waals surface area contributed by atoms with Gasteiger partial charge in [0.05, 0.1) is 4.90 Å². The van der Waals surface area contributed by atoms with E-state index >= 15 is 0 Å². The molecular weight excluding hydrogens is 441 g/mol. The third-order valence-electron chi connectivity index (χ3n) is 5.65. The summed E-state index contributed by atoms with van der Waals surface area (Å²) in [5.41, 5.74) is 10.9. The van der Waals surface area contributed by atoms with Gasteiger partial charge in [-0.15, -0.1) is 0 Å². The predicted molar refractivity (Wildman–Crippen MR) is 127 cm³/mol. The number of nitrogens with two attached hydrogens (primary N) is 1. The molecule has 33 heavy (non-hydrogen) atoms. The van der Waals surface area contributed by atoms with Crippen LogP contribution in [0.5, 0.6) is 0 Å². The third-order valence-corrected chi connectivity index (χ3v) is 6.98. The van der Waals surface area contributed by atoms with Crippen molar-refractivity contribution in [2.45, 2.75) is 32.2 Å². The molecule has 0 bridgehead atoms. The third kappa shape index (κ3) is 4.47. The lowest BCUT2D eigenvalue weighted by Gasteiger charge is -2.16. The average molecular weight is 466 g/mol. The number of hydrogen-bond acceptors (Lipinski definition) is 4. The molecule has 1 amide bonds. The van der Waals surface area contributed by atoms with Crippen LogP contribution in [0.25, 0.3) is 10.9 Å². The molecular formula is C25H24FN3O3S. The Bertz CT molecular complexity index is 1480. The first-order valence-electron chi connectivity index (χ1n) is 10.3. The van der Waals surface area contributed by atoms with Gasteiger partial charge in [-0.05, 0) is 79.9 Å². The number of anilines is 1. The molecule has 0 spiro atoms. The van der Waals surface area contributed by atoms with Crippen molar-refractivity contribution < 1.29 is 17.6 Å². The molecule has 0 aliphatic rings. The molecule has 4 aromatic rings. The molecule has 3 aromatic carbocycles. The molecule has 0 aliphatic heterocycles. The van der Waals surface area contributed by atoms with Crippen LogP contribution < -0.4 is 10.5 Å². The predicted octanol–water partition coefficient (Wildman–Crippen LogP) is 4.45. The van der Waals surface area contributed by atoms with Gasteiger partial charge in [0, 0.05) is 23.1 Å². The Morgan fingerprint density at radius 2 is 1.70 bits per heavy atom. The van der Waals surface area contributed by atoms with Crippen LogP contribution in [0.2, 0.25) is 0 Å². The molecule has 0 radical (unpaired) electrons. The Balaban J connectivity index is 1.80. The van der Waals surface area contributed by atoms with Crippen LogP contribution in [-0.2, 0) is 16.6 Å². The molecule has 4 rings (SSSR count). The number of hydrogen-bond donors (Lipinski definition) is 2. The SMILES string of the molecule is Cc1cc(C)c(Cn2c(C(=O)NS(=O)(=O)c3cccc(N)c3)cc3cc(F)ccc32)c(C)c1. The number of benzene rings is 3. The van der Waals surface area contributed by atoms with Crippen molar-refractivity contribution in [3.05, 3.63) is 94.4 Å². The zero-order valence-electron chi connectivity index (χ0n) is 18.5. The topological polar surface area (TPSA) is 94.2 Å². The zero-order chi connectivity index (χ0) is 23.9. The van der Waals surface area contributed by atoms with Gasteiger partial charge in [0.25, 0.3) is 15.9 Å². The fourth-order valence-corrected chi connectivity index (χ4v) is 5.15. The molecule has 170 valence electrons. The van der Waals surface area contributed by atoms with Gasteiger partial charge in [-0.1, -0.05) is 23.8 Å². The molecule has 8 heteroatoms. The summed E-state index contributed by atoms with van der Waals surface area (Å²) in [6, 6.07) is 15.5. The second-order valence-corrected chi connectivity index (χ2v) is 9.89. The maximum atomic E-state index is 13.9. The van der Waals surface area contributed by atoms with Gasteiger partial charge in [0.15, 0.2) is 0 Å². The number of carbonyl (C=O) groups excluding carboxylic acids is 1. The maximum Gasteiger partial charge on any atom is 0.281 e. The first-order valence-corrected chi connectivity index (χ1v) is 11.8. The van der Waals surface area contributed by atoms with E-state index in [-0.39, 0.29) is 16.3 Å². The second-order valence-electron chi connectivity index (χ2n) is 8.20. The first-order chi connectivity index (χ1) is 15.5. The molecule has 0 unspecified atom stereocenters. The van der Waals surface area contributed by atoms with Crippen molar-refractivity contribution in [2.24, 2.45) is 0 Å². The normalized spacial score (nSPS) is 11.6. The van der Waals surface area contributed by atoms with E-state index in [4.69, 9.17) is 5.73 Å². The Hall–Kier alpha value is -3.65. The number of rotatable bonds is 5. The summed E-state index contributed by atoms with van der Waals surface area (Å²) in [4.78, 5) is 13.1. The number of sulfonamides is 1. The molecule has 3 N–H and O–H groups in total. The molecule has 1 aromatic heterocycles. The van der Waals surface area contributed by atoms with Gasteiger partial charge in [-0.25, -0.2) is 17.5 Å². The largest absolute Gasteiger partial charge is 0.399 e. The number of amides is 1. The quantitative estimate of drug-likeness (QED) is 0.426. The minimum absolute atomic E-state index is 0.113. The van der Waals surface area contributed by atoms with E-state index in [1.165, 1.54) is 36.4 Å². The van der Waals surface area contributed by atoms with Crippen LogP contribution in [0.15, 0.2) is 65.6 Å². The minimum atomic E-state index is -4.15. The van der Waals surface area contributed by atoms with E-state index in [0.29, 0.717) is 17.4 Å². The highest BCUT2D eigenvalue weighted by Crippen LogP contribution is 2.26. The van der Waals surface area contributed by atoms with E-state index in [9.17, 15) is 17.6 Å². The van der Waals surface area contributed by atoms with E-state index in [0.717, 1.165) is 22.3 Å².